The molecule has 3 aromatic heterocycles. The first-order valence-corrected chi connectivity index (χ1v) is 7.09. The highest BCUT2D eigenvalue weighted by Gasteiger charge is 2.41. The molecule has 0 amide bonds. The molecule has 3 aromatic rings. The van der Waals surface area contributed by atoms with Crippen molar-refractivity contribution in [3.8, 4) is 0 Å². The molecule has 6 heteroatoms. The van der Waals surface area contributed by atoms with E-state index < -0.39 is 0 Å². The van der Waals surface area contributed by atoms with Crippen molar-refractivity contribution in [1.82, 2.24) is 19.6 Å². The lowest BCUT2D eigenvalue weighted by atomic mass is 10.1. The van der Waals surface area contributed by atoms with E-state index in [9.17, 15) is 0 Å². The first kappa shape index (κ1) is 12.1. The molecule has 1 fully saturated rings. The van der Waals surface area contributed by atoms with E-state index in [2.05, 4.69) is 15.1 Å². The van der Waals surface area contributed by atoms with Crippen molar-refractivity contribution in [2.24, 2.45) is 0 Å². The van der Waals surface area contributed by atoms with Crippen LogP contribution in [0.25, 0.3) is 5.65 Å². The summed E-state index contributed by atoms with van der Waals surface area (Å²) >= 11 is 11.9. The van der Waals surface area contributed by atoms with Gasteiger partial charge in [-0.15, -0.1) is 0 Å². The molecule has 100 valence electrons. The third-order valence-corrected chi connectivity index (χ3v) is 4.13. The molecule has 0 radical (unpaired) electrons. The normalized spacial score (nSPS) is 21.3. The van der Waals surface area contributed by atoms with Gasteiger partial charge in [0, 0.05) is 24.2 Å². The Morgan fingerprint density at radius 3 is 2.80 bits per heavy atom. The summed E-state index contributed by atoms with van der Waals surface area (Å²) in [5, 5.41) is 5.22. The quantitative estimate of drug-likeness (QED) is 0.678. The third kappa shape index (κ3) is 1.96. The van der Waals surface area contributed by atoms with Crippen molar-refractivity contribution in [2.45, 2.75) is 18.3 Å². The van der Waals surface area contributed by atoms with Crippen LogP contribution in [0.4, 0.5) is 0 Å². The van der Waals surface area contributed by atoms with Gasteiger partial charge in [-0.25, -0.2) is 14.5 Å². The Kier molecular flexibility index (Phi) is 2.69. The van der Waals surface area contributed by atoms with Gasteiger partial charge < -0.3 is 0 Å². The summed E-state index contributed by atoms with van der Waals surface area (Å²) < 4.78 is 1.73. The number of halogens is 2. The van der Waals surface area contributed by atoms with Gasteiger partial charge in [-0.2, -0.15) is 5.10 Å². The number of nitrogens with zero attached hydrogens (tertiary/aromatic N) is 4. The molecule has 0 aliphatic heterocycles. The number of hydrogen-bond donors (Lipinski definition) is 0. The van der Waals surface area contributed by atoms with Crippen LogP contribution in [0.1, 0.15) is 29.4 Å². The van der Waals surface area contributed by atoms with Crippen molar-refractivity contribution < 1.29 is 0 Å². The largest absolute Gasteiger partial charge is 0.244 e. The Morgan fingerprint density at radius 2 is 2.00 bits per heavy atom. The van der Waals surface area contributed by atoms with Crippen LogP contribution in [0.5, 0.6) is 0 Å². The molecular weight excluding hydrogens is 295 g/mol. The summed E-state index contributed by atoms with van der Waals surface area (Å²) in [5.74, 6) is 0.877. The molecule has 1 saturated carbocycles. The fourth-order valence-electron chi connectivity index (χ4n) is 2.70. The third-order valence-electron chi connectivity index (χ3n) is 3.73. The summed E-state index contributed by atoms with van der Waals surface area (Å²) in [4.78, 5) is 8.51. The van der Waals surface area contributed by atoms with Crippen molar-refractivity contribution in [3.05, 3.63) is 58.2 Å². The molecule has 1 aliphatic carbocycles. The van der Waals surface area contributed by atoms with Crippen LogP contribution in [-0.2, 0) is 0 Å². The highest BCUT2D eigenvalue weighted by Crippen LogP contribution is 2.55. The van der Waals surface area contributed by atoms with Gasteiger partial charge in [0.2, 0.25) is 0 Å². The lowest BCUT2D eigenvalue weighted by molar-refractivity contribution is 0.905. The van der Waals surface area contributed by atoms with Gasteiger partial charge in [-0.1, -0.05) is 29.3 Å². The monoisotopic (exact) mass is 304 g/mol. The average Bonchev–Trinajstić information content (AvgIpc) is 3.09. The van der Waals surface area contributed by atoms with Crippen LogP contribution in [0.2, 0.25) is 10.3 Å². The van der Waals surface area contributed by atoms with Crippen LogP contribution in [0.15, 0.2) is 36.8 Å². The Hall–Kier alpha value is -1.65. The number of aromatic nitrogens is 4. The predicted molar refractivity (Wildman–Crippen MR) is 77.3 cm³/mol. The molecule has 20 heavy (non-hydrogen) atoms. The van der Waals surface area contributed by atoms with Gasteiger partial charge in [0.05, 0.1) is 0 Å². The second kappa shape index (κ2) is 4.43. The molecule has 0 bridgehead atoms. The lowest BCUT2D eigenvalue weighted by Gasteiger charge is -2.04. The fourth-order valence-corrected chi connectivity index (χ4v) is 3.01. The summed E-state index contributed by atoms with van der Waals surface area (Å²) in [6, 6.07) is 5.78. The SMILES string of the molecule is Clc1ccc([C@H]2CC2c2cc(Cl)nn3ccnc23)cn1. The summed E-state index contributed by atoms with van der Waals surface area (Å²) in [5.41, 5.74) is 3.23. The van der Waals surface area contributed by atoms with Crippen molar-refractivity contribution in [2.75, 3.05) is 0 Å². The lowest BCUT2D eigenvalue weighted by Crippen LogP contribution is -1.96. The second-order valence-corrected chi connectivity index (χ2v) is 5.76. The van der Waals surface area contributed by atoms with E-state index in [1.54, 1.807) is 10.7 Å². The van der Waals surface area contributed by atoms with Crippen LogP contribution in [0.3, 0.4) is 0 Å². The van der Waals surface area contributed by atoms with E-state index in [1.807, 2.05) is 30.6 Å². The zero-order chi connectivity index (χ0) is 13.7. The van der Waals surface area contributed by atoms with Crippen molar-refractivity contribution >= 4 is 28.8 Å². The van der Waals surface area contributed by atoms with Crippen LogP contribution < -0.4 is 0 Å². The van der Waals surface area contributed by atoms with E-state index in [1.165, 1.54) is 5.56 Å². The number of fused-ring (bicyclic) bond motifs is 1. The summed E-state index contributed by atoms with van der Waals surface area (Å²) in [7, 11) is 0. The van der Waals surface area contributed by atoms with Crippen LogP contribution >= 0.6 is 23.2 Å². The Morgan fingerprint density at radius 1 is 1.10 bits per heavy atom. The molecule has 0 aromatic carbocycles. The minimum absolute atomic E-state index is 0.420. The van der Waals surface area contributed by atoms with Gasteiger partial charge in [0.1, 0.15) is 10.3 Å². The number of rotatable bonds is 2. The molecule has 1 unspecified atom stereocenters. The van der Waals surface area contributed by atoms with Crippen molar-refractivity contribution in [1.29, 1.82) is 0 Å². The highest BCUT2D eigenvalue weighted by atomic mass is 35.5. The predicted octanol–water partition coefficient (Wildman–Crippen LogP) is 3.70. The summed E-state index contributed by atoms with van der Waals surface area (Å²) in [6.07, 6.45) is 6.47. The maximum Gasteiger partial charge on any atom is 0.157 e. The smallest absolute Gasteiger partial charge is 0.157 e. The molecule has 4 rings (SSSR count). The maximum atomic E-state index is 6.08. The van der Waals surface area contributed by atoms with Crippen LogP contribution in [-0.4, -0.2) is 19.6 Å². The molecule has 1 aliphatic rings. The van der Waals surface area contributed by atoms with E-state index in [-0.39, 0.29) is 0 Å². The van der Waals surface area contributed by atoms with Gasteiger partial charge in [0.25, 0.3) is 0 Å². The Bertz CT molecular complexity index is 781. The number of hydrogen-bond acceptors (Lipinski definition) is 3. The topological polar surface area (TPSA) is 43.1 Å². The number of imidazole rings is 1. The summed E-state index contributed by atoms with van der Waals surface area (Å²) in [6.45, 7) is 0. The first-order chi connectivity index (χ1) is 9.72. The molecule has 4 nitrogen and oxygen atoms in total. The highest BCUT2D eigenvalue weighted by molar-refractivity contribution is 6.29. The fraction of sp³-hybridized carbons (Fsp3) is 0.214. The maximum absolute atomic E-state index is 6.08. The van der Waals surface area contributed by atoms with Gasteiger partial charge >= 0.3 is 0 Å². The first-order valence-electron chi connectivity index (χ1n) is 6.33. The number of pyridine rings is 1. The minimum atomic E-state index is 0.420. The van der Waals surface area contributed by atoms with E-state index in [0.717, 1.165) is 17.6 Å². The van der Waals surface area contributed by atoms with E-state index in [0.29, 0.717) is 22.1 Å². The second-order valence-electron chi connectivity index (χ2n) is 4.98. The van der Waals surface area contributed by atoms with Gasteiger partial charge in [-0.3, -0.25) is 0 Å². The average molecular weight is 305 g/mol. The zero-order valence-electron chi connectivity index (χ0n) is 10.4. The molecular formula is C14H10Cl2N4. The Balaban J connectivity index is 1.72. The Labute approximate surface area is 125 Å². The molecule has 0 N–H and O–H groups in total. The van der Waals surface area contributed by atoms with E-state index >= 15 is 0 Å². The van der Waals surface area contributed by atoms with Gasteiger partial charge in [-0.05, 0) is 36.0 Å². The molecule has 0 spiro atoms. The zero-order valence-corrected chi connectivity index (χ0v) is 11.9. The molecule has 2 atom stereocenters. The van der Waals surface area contributed by atoms with Crippen LogP contribution in [0, 0.1) is 0 Å². The van der Waals surface area contributed by atoms with E-state index in [4.69, 9.17) is 23.2 Å². The van der Waals surface area contributed by atoms with Crippen molar-refractivity contribution in [3.63, 3.8) is 0 Å². The molecule has 0 saturated heterocycles. The molecule has 3 heterocycles. The standard InChI is InChI=1S/C14H10Cl2N4/c15-12-2-1-8(7-18-12)9-5-10(9)11-6-13(16)19-20-4-3-17-14(11)20/h1-4,6-7,9-10H,5H2/t9-,10?/m1/s1. The minimum Gasteiger partial charge on any atom is -0.244 e. The van der Waals surface area contributed by atoms with Gasteiger partial charge in [0.15, 0.2) is 5.65 Å².